The van der Waals surface area contributed by atoms with E-state index in [-0.39, 0.29) is 6.04 Å². The number of anilines is 1. The molecule has 0 fully saturated rings. The number of nitrogens with one attached hydrogen (secondary N) is 2. The second kappa shape index (κ2) is 8.64. The molecule has 2 aromatic rings. The molecule has 3 nitrogen and oxygen atoms in total. The Labute approximate surface area is 156 Å². The standard InChI is InChI=1S/C21H25N3S/c1-14(2)20(19-10-5-15(3)13-16(19)4)24-21(25)23-18-8-6-17(7-9-18)11-12-22/h5-10,13-14,20H,11H2,1-4H3,(H2,23,24,25)/t20-/m1/s1. The first-order valence-electron chi connectivity index (χ1n) is 8.51. The van der Waals surface area contributed by atoms with Crippen molar-refractivity contribution >= 4 is 23.0 Å². The Morgan fingerprint density at radius 1 is 1.12 bits per heavy atom. The molecule has 0 spiro atoms. The fourth-order valence-corrected chi connectivity index (χ4v) is 3.13. The van der Waals surface area contributed by atoms with E-state index < -0.39 is 0 Å². The van der Waals surface area contributed by atoms with Crippen molar-refractivity contribution in [3.8, 4) is 6.07 Å². The number of hydrogen-bond donors (Lipinski definition) is 2. The van der Waals surface area contributed by atoms with E-state index in [1.165, 1.54) is 16.7 Å². The van der Waals surface area contributed by atoms with Crippen LogP contribution in [0.25, 0.3) is 0 Å². The summed E-state index contributed by atoms with van der Waals surface area (Å²) in [5.41, 5.74) is 5.73. The highest BCUT2D eigenvalue weighted by molar-refractivity contribution is 7.80. The van der Waals surface area contributed by atoms with Crippen LogP contribution in [0.1, 0.15) is 42.1 Å². The molecule has 130 valence electrons. The van der Waals surface area contributed by atoms with Crippen LogP contribution >= 0.6 is 12.2 Å². The molecule has 2 aromatic carbocycles. The number of nitrogens with zero attached hydrogens (tertiary/aromatic N) is 1. The molecule has 0 heterocycles. The van der Waals surface area contributed by atoms with Crippen LogP contribution in [0.3, 0.4) is 0 Å². The van der Waals surface area contributed by atoms with Crippen LogP contribution in [0.5, 0.6) is 0 Å². The van der Waals surface area contributed by atoms with E-state index in [9.17, 15) is 0 Å². The molecule has 25 heavy (non-hydrogen) atoms. The zero-order valence-corrected chi connectivity index (χ0v) is 16.1. The van der Waals surface area contributed by atoms with Crippen molar-refractivity contribution in [1.29, 1.82) is 5.26 Å². The van der Waals surface area contributed by atoms with Crippen LogP contribution in [0.4, 0.5) is 5.69 Å². The van der Waals surface area contributed by atoms with Crippen molar-refractivity contribution in [3.05, 3.63) is 64.7 Å². The number of rotatable bonds is 5. The third kappa shape index (κ3) is 5.30. The molecule has 0 aromatic heterocycles. The highest BCUT2D eigenvalue weighted by Crippen LogP contribution is 2.25. The average Bonchev–Trinajstić information content (AvgIpc) is 2.55. The molecule has 0 aliphatic carbocycles. The molecule has 0 aliphatic heterocycles. The number of benzene rings is 2. The molecule has 2 rings (SSSR count). The first kappa shape index (κ1) is 19.0. The van der Waals surface area contributed by atoms with Gasteiger partial charge in [-0.15, -0.1) is 0 Å². The SMILES string of the molecule is Cc1ccc([C@H](NC(=S)Nc2ccc(CC#N)cc2)C(C)C)c(C)c1. The van der Waals surface area contributed by atoms with Crippen molar-refractivity contribution in [3.63, 3.8) is 0 Å². The van der Waals surface area contributed by atoms with Gasteiger partial charge in [-0.3, -0.25) is 0 Å². The smallest absolute Gasteiger partial charge is 0.171 e. The molecule has 4 heteroatoms. The van der Waals surface area contributed by atoms with Crippen molar-refractivity contribution in [2.75, 3.05) is 5.32 Å². The monoisotopic (exact) mass is 351 g/mol. The van der Waals surface area contributed by atoms with Crippen LogP contribution in [-0.4, -0.2) is 5.11 Å². The number of aryl methyl sites for hydroxylation is 2. The molecule has 0 saturated carbocycles. The molecular formula is C21H25N3S. The Kier molecular flexibility index (Phi) is 6.55. The highest BCUT2D eigenvalue weighted by atomic mass is 32.1. The fourth-order valence-electron chi connectivity index (χ4n) is 2.88. The predicted octanol–water partition coefficient (Wildman–Crippen LogP) is 5.05. The summed E-state index contributed by atoms with van der Waals surface area (Å²) in [5.74, 6) is 0.402. The van der Waals surface area contributed by atoms with Crippen molar-refractivity contribution in [2.45, 2.75) is 40.2 Å². The van der Waals surface area contributed by atoms with Gasteiger partial charge in [-0.2, -0.15) is 5.26 Å². The molecule has 0 unspecified atom stereocenters. The molecule has 2 N–H and O–H groups in total. The van der Waals surface area contributed by atoms with Gasteiger partial charge < -0.3 is 10.6 Å². The molecule has 0 amide bonds. The Bertz CT molecular complexity index is 773. The van der Waals surface area contributed by atoms with E-state index in [1.54, 1.807) is 0 Å². The normalized spacial score (nSPS) is 11.7. The molecule has 0 saturated heterocycles. The molecular weight excluding hydrogens is 326 g/mol. The number of hydrogen-bond acceptors (Lipinski definition) is 2. The Morgan fingerprint density at radius 3 is 2.36 bits per heavy atom. The van der Waals surface area contributed by atoms with Crippen LogP contribution in [-0.2, 0) is 6.42 Å². The van der Waals surface area contributed by atoms with E-state index >= 15 is 0 Å². The predicted molar refractivity (Wildman–Crippen MR) is 109 cm³/mol. The van der Waals surface area contributed by atoms with Gasteiger partial charge in [0.25, 0.3) is 0 Å². The summed E-state index contributed by atoms with van der Waals surface area (Å²) < 4.78 is 0. The lowest BCUT2D eigenvalue weighted by Crippen LogP contribution is -2.35. The van der Waals surface area contributed by atoms with Gasteiger partial charge in [0.2, 0.25) is 0 Å². The van der Waals surface area contributed by atoms with Gasteiger partial charge in [0, 0.05) is 5.69 Å². The number of thiocarbonyl (C=S) groups is 1. The topological polar surface area (TPSA) is 47.8 Å². The van der Waals surface area contributed by atoms with Gasteiger partial charge in [0.05, 0.1) is 18.5 Å². The van der Waals surface area contributed by atoms with Gasteiger partial charge in [-0.1, -0.05) is 49.7 Å². The molecule has 0 bridgehead atoms. The Hall–Kier alpha value is -2.38. The minimum Gasteiger partial charge on any atom is -0.355 e. The van der Waals surface area contributed by atoms with Gasteiger partial charge in [0.15, 0.2) is 5.11 Å². The number of nitriles is 1. The lowest BCUT2D eigenvalue weighted by molar-refractivity contribution is 0.471. The maximum absolute atomic E-state index is 8.74. The second-order valence-corrected chi connectivity index (χ2v) is 7.12. The molecule has 0 aliphatic rings. The quantitative estimate of drug-likeness (QED) is 0.740. The minimum atomic E-state index is 0.151. The summed E-state index contributed by atoms with van der Waals surface area (Å²) in [4.78, 5) is 0. The lowest BCUT2D eigenvalue weighted by atomic mass is 9.92. The fraction of sp³-hybridized carbons (Fsp3) is 0.333. The zero-order chi connectivity index (χ0) is 18.4. The summed E-state index contributed by atoms with van der Waals surface area (Å²) in [6.07, 6.45) is 0.422. The highest BCUT2D eigenvalue weighted by Gasteiger charge is 2.18. The van der Waals surface area contributed by atoms with Gasteiger partial charge in [-0.05, 0) is 60.8 Å². The van der Waals surface area contributed by atoms with E-state index in [1.807, 2.05) is 24.3 Å². The minimum absolute atomic E-state index is 0.151. The summed E-state index contributed by atoms with van der Waals surface area (Å²) in [6, 6.07) is 16.6. The van der Waals surface area contributed by atoms with Gasteiger partial charge >= 0.3 is 0 Å². The van der Waals surface area contributed by atoms with Crippen LogP contribution in [0.15, 0.2) is 42.5 Å². The Morgan fingerprint density at radius 2 is 1.80 bits per heavy atom. The average molecular weight is 352 g/mol. The summed E-state index contributed by atoms with van der Waals surface area (Å²) in [5, 5.41) is 16.0. The van der Waals surface area contributed by atoms with Crippen molar-refractivity contribution < 1.29 is 0 Å². The third-order valence-corrected chi connectivity index (χ3v) is 4.43. The molecule has 1 atom stereocenters. The van der Waals surface area contributed by atoms with E-state index in [0.29, 0.717) is 17.5 Å². The van der Waals surface area contributed by atoms with E-state index in [2.05, 4.69) is 62.6 Å². The summed E-state index contributed by atoms with van der Waals surface area (Å²) in [6.45, 7) is 8.63. The second-order valence-electron chi connectivity index (χ2n) is 6.71. The largest absolute Gasteiger partial charge is 0.355 e. The van der Waals surface area contributed by atoms with E-state index in [0.717, 1.165) is 11.3 Å². The van der Waals surface area contributed by atoms with Crippen LogP contribution in [0, 0.1) is 31.1 Å². The van der Waals surface area contributed by atoms with Crippen molar-refractivity contribution in [1.82, 2.24) is 5.32 Å². The maximum Gasteiger partial charge on any atom is 0.171 e. The molecule has 0 radical (unpaired) electrons. The van der Waals surface area contributed by atoms with Gasteiger partial charge in [-0.25, -0.2) is 0 Å². The van der Waals surface area contributed by atoms with Crippen LogP contribution in [0.2, 0.25) is 0 Å². The first-order chi connectivity index (χ1) is 11.9. The van der Waals surface area contributed by atoms with Gasteiger partial charge in [0.1, 0.15) is 0 Å². The van der Waals surface area contributed by atoms with Crippen LogP contribution < -0.4 is 10.6 Å². The first-order valence-corrected chi connectivity index (χ1v) is 8.92. The van der Waals surface area contributed by atoms with Crippen molar-refractivity contribution in [2.24, 2.45) is 5.92 Å². The Balaban J connectivity index is 2.09. The summed E-state index contributed by atoms with van der Waals surface area (Å²) in [7, 11) is 0. The summed E-state index contributed by atoms with van der Waals surface area (Å²) >= 11 is 5.51. The maximum atomic E-state index is 8.74. The van der Waals surface area contributed by atoms with E-state index in [4.69, 9.17) is 17.5 Å². The zero-order valence-electron chi connectivity index (χ0n) is 15.3. The third-order valence-electron chi connectivity index (χ3n) is 4.21. The lowest BCUT2D eigenvalue weighted by Gasteiger charge is -2.26.